The Morgan fingerprint density at radius 1 is 1.21 bits per heavy atom. The molecule has 1 saturated carbocycles. The summed E-state index contributed by atoms with van der Waals surface area (Å²) in [6, 6.07) is 3.54. The number of rotatable bonds is 10. The Hall–Kier alpha value is -1.66. The number of carbonyl (C=O) groups is 1. The minimum absolute atomic E-state index is 0.0692. The van der Waals surface area contributed by atoms with Crippen LogP contribution in [0.1, 0.15) is 46.0 Å². The fourth-order valence-electron chi connectivity index (χ4n) is 2.81. The molecular weight excluding hydrogens is 308 g/mol. The van der Waals surface area contributed by atoms with E-state index in [0.29, 0.717) is 38.0 Å². The highest BCUT2D eigenvalue weighted by atomic mass is 16.5. The van der Waals surface area contributed by atoms with Gasteiger partial charge in [-0.1, -0.05) is 6.92 Å². The summed E-state index contributed by atoms with van der Waals surface area (Å²) in [6.45, 7) is 6.27. The van der Waals surface area contributed by atoms with Gasteiger partial charge >= 0.3 is 0 Å². The minimum Gasteiger partial charge on any atom is -0.475 e. The molecule has 1 aromatic rings. The van der Waals surface area contributed by atoms with Crippen LogP contribution in [0.3, 0.4) is 0 Å². The Bertz CT molecular complexity index is 498. The fraction of sp³-hybridized carbons (Fsp3) is 0.667. The van der Waals surface area contributed by atoms with E-state index in [1.165, 1.54) is 0 Å². The summed E-state index contributed by atoms with van der Waals surface area (Å²) in [4.78, 5) is 16.9. The van der Waals surface area contributed by atoms with Crippen molar-refractivity contribution >= 4 is 11.6 Å². The highest BCUT2D eigenvalue weighted by Crippen LogP contribution is 2.34. The molecule has 1 aliphatic rings. The number of aromatic nitrogens is 1. The Kier molecular flexibility index (Phi) is 7.46. The molecule has 2 rings (SSSR count). The van der Waals surface area contributed by atoms with Gasteiger partial charge in [0.1, 0.15) is 12.2 Å². The zero-order valence-electron chi connectivity index (χ0n) is 14.7. The zero-order chi connectivity index (χ0) is 17.3. The summed E-state index contributed by atoms with van der Waals surface area (Å²) in [5.74, 6) is 0.450. The van der Waals surface area contributed by atoms with Gasteiger partial charge in [-0.15, -0.1) is 0 Å². The molecule has 0 aliphatic heterocycles. The van der Waals surface area contributed by atoms with Crippen LogP contribution >= 0.6 is 0 Å². The zero-order valence-corrected chi connectivity index (χ0v) is 14.7. The first-order chi connectivity index (χ1) is 11.7. The van der Waals surface area contributed by atoms with Gasteiger partial charge in [-0.2, -0.15) is 0 Å². The number of pyridine rings is 1. The number of amides is 1. The van der Waals surface area contributed by atoms with Crippen molar-refractivity contribution in [3.8, 4) is 5.88 Å². The third kappa shape index (κ3) is 5.18. The summed E-state index contributed by atoms with van der Waals surface area (Å²) < 4.78 is 16.6. The number of hydrogen-bond donors (Lipinski definition) is 1. The van der Waals surface area contributed by atoms with Crippen molar-refractivity contribution in [1.29, 1.82) is 0 Å². The van der Waals surface area contributed by atoms with Crippen LogP contribution in [0.5, 0.6) is 5.88 Å². The first-order valence-corrected chi connectivity index (χ1v) is 8.82. The molecule has 1 aromatic heterocycles. The summed E-state index contributed by atoms with van der Waals surface area (Å²) in [5, 5.41) is 2.93. The van der Waals surface area contributed by atoms with Gasteiger partial charge in [-0.3, -0.25) is 4.79 Å². The molecule has 0 bridgehead atoms. The quantitative estimate of drug-likeness (QED) is 0.665. The van der Waals surface area contributed by atoms with Crippen LogP contribution in [0.2, 0.25) is 0 Å². The number of hydrogen-bond acceptors (Lipinski definition) is 5. The molecule has 24 heavy (non-hydrogen) atoms. The van der Waals surface area contributed by atoms with E-state index in [9.17, 15) is 4.79 Å². The lowest BCUT2D eigenvalue weighted by molar-refractivity contribution is -0.140. The smallest absolute Gasteiger partial charge is 0.256 e. The van der Waals surface area contributed by atoms with Gasteiger partial charge in [-0.25, -0.2) is 4.98 Å². The van der Waals surface area contributed by atoms with Crippen molar-refractivity contribution < 1.29 is 19.0 Å². The van der Waals surface area contributed by atoms with Crippen LogP contribution in [0.25, 0.3) is 0 Å². The first kappa shape index (κ1) is 18.7. The van der Waals surface area contributed by atoms with Gasteiger partial charge in [0.15, 0.2) is 0 Å². The summed E-state index contributed by atoms with van der Waals surface area (Å²) in [6.07, 6.45) is 6.14. The molecule has 6 nitrogen and oxygen atoms in total. The van der Waals surface area contributed by atoms with E-state index in [1.807, 2.05) is 6.92 Å². The standard InChI is InChI=1S/C18H28N2O4/c1-3-11-24-18(9-5-6-10-18)17(21)20-15-7-8-16(19-14-15)23-13-12-22-4-2/h7-8,14H,3-6,9-13H2,1-2H3,(H,20,21). The molecule has 0 unspecified atom stereocenters. The summed E-state index contributed by atoms with van der Waals surface area (Å²) >= 11 is 0. The van der Waals surface area contributed by atoms with Gasteiger partial charge < -0.3 is 19.5 Å². The molecule has 1 N–H and O–H groups in total. The van der Waals surface area contributed by atoms with Crippen molar-refractivity contribution in [1.82, 2.24) is 4.98 Å². The topological polar surface area (TPSA) is 69.7 Å². The second-order valence-corrected chi connectivity index (χ2v) is 5.93. The molecule has 6 heteroatoms. The highest BCUT2D eigenvalue weighted by Gasteiger charge is 2.42. The molecule has 1 heterocycles. The Morgan fingerprint density at radius 3 is 2.62 bits per heavy atom. The number of nitrogens with one attached hydrogen (secondary N) is 1. The van der Waals surface area contributed by atoms with Crippen molar-refractivity contribution in [3.05, 3.63) is 18.3 Å². The second kappa shape index (κ2) is 9.59. The average Bonchev–Trinajstić information content (AvgIpc) is 3.08. The Labute approximate surface area is 143 Å². The number of carbonyl (C=O) groups excluding carboxylic acids is 1. The lowest BCUT2D eigenvalue weighted by Crippen LogP contribution is -2.43. The van der Waals surface area contributed by atoms with Crippen molar-refractivity contribution in [2.75, 3.05) is 31.7 Å². The van der Waals surface area contributed by atoms with Crippen molar-refractivity contribution in [2.45, 2.75) is 51.6 Å². The number of nitrogens with zero attached hydrogens (tertiary/aromatic N) is 1. The highest BCUT2D eigenvalue weighted by molar-refractivity contribution is 5.97. The molecule has 134 valence electrons. The molecule has 0 saturated heterocycles. The molecule has 0 atom stereocenters. The Morgan fingerprint density at radius 2 is 2.00 bits per heavy atom. The predicted molar refractivity (Wildman–Crippen MR) is 92.3 cm³/mol. The third-order valence-corrected chi connectivity index (χ3v) is 4.08. The van der Waals surface area contributed by atoms with Gasteiger partial charge in [0.25, 0.3) is 5.91 Å². The van der Waals surface area contributed by atoms with Gasteiger partial charge in [0, 0.05) is 19.3 Å². The van der Waals surface area contributed by atoms with Gasteiger partial charge in [-0.05, 0) is 45.1 Å². The third-order valence-electron chi connectivity index (χ3n) is 4.08. The van der Waals surface area contributed by atoms with Crippen LogP contribution in [-0.4, -0.2) is 42.9 Å². The maximum absolute atomic E-state index is 12.7. The first-order valence-electron chi connectivity index (χ1n) is 8.82. The van der Waals surface area contributed by atoms with Crippen LogP contribution in [0.4, 0.5) is 5.69 Å². The SMILES string of the molecule is CCCOC1(C(=O)Nc2ccc(OCCOCC)nc2)CCCC1. The lowest BCUT2D eigenvalue weighted by atomic mass is 10.0. The van der Waals surface area contributed by atoms with E-state index < -0.39 is 5.60 Å². The molecule has 1 amide bonds. The van der Waals surface area contributed by atoms with Crippen LogP contribution in [0, 0.1) is 0 Å². The minimum atomic E-state index is -0.678. The van der Waals surface area contributed by atoms with Gasteiger partial charge in [0.2, 0.25) is 5.88 Å². The normalized spacial score (nSPS) is 16.1. The number of anilines is 1. The van der Waals surface area contributed by atoms with Gasteiger partial charge in [0.05, 0.1) is 18.5 Å². The number of ether oxygens (including phenoxy) is 3. The van der Waals surface area contributed by atoms with E-state index >= 15 is 0 Å². The molecular formula is C18H28N2O4. The fourth-order valence-corrected chi connectivity index (χ4v) is 2.81. The molecule has 0 aromatic carbocycles. The van der Waals surface area contributed by atoms with E-state index in [-0.39, 0.29) is 5.91 Å². The van der Waals surface area contributed by atoms with E-state index in [4.69, 9.17) is 14.2 Å². The molecule has 0 spiro atoms. The van der Waals surface area contributed by atoms with Crippen molar-refractivity contribution in [3.63, 3.8) is 0 Å². The maximum atomic E-state index is 12.7. The average molecular weight is 336 g/mol. The Balaban J connectivity index is 1.88. The van der Waals surface area contributed by atoms with E-state index in [0.717, 1.165) is 32.1 Å². The van der Waals surface area contributed by atoms with E-state index in [2.05, 4.69) is 17.2 Å². The summed E-state index contributed by atoms with van der Waals surface area (Å²) in [5.41, 5.74) is -0.0219. The largest absolute Gasteiger partial charge is 0.475 e. The monoisotopic (exact) mass is 336 g/mol. The molecule has 0 radical (unpaired) electrons. The second-order valence-electron chi connectivity index (χ2n) is 5.93. The lowest BCUT2D eigenvalue weighted by Gasteiger charge is -2.27. The molecule has 1 aliphatic carbocycles. The van der Waals surface area contributed by atoms with E-state index in [1.54, 1.807) is 18.3 Å². The van der Waals surface area contributed by atoms with Crippen LogP contribution in [0.15, 0.2) is 18.3 Å². The van der Waals surface area contributed by atoms with Crippen molar-refractivity contribution in [2.24, 2.45) is 0 Å². The summed E-state index contributed by atoms with van der Waals surface area (Å²) in [7, 11) is 0. The molecule has 1 fully saturated rings. The maximum Gasteiger partial charge on any atom is 0.256 e. The van der Waals surface area contributed by atoms with Crippen LogP contribution < -0.4 is 10.1 Å². The predicted octanol–water partition coefficient (Wildman–Crippen LogP) is 3.17. The van der Waals surface area contributed by atoms with Crippen LogP contribution in [-0.2, 0) is 14.3 Å².